The van der Waals surface area contributed by atoms with Crippen molar-refractivity contribution in [2.75, 3.05) is 10.2 Å². The summed E-state index contributed by atoms with van der Waals surface area (Å²) in [5.74, 6) is -3.76. The summed E-state index contributed by atoms with van der Waals surface area (Å²) < 4.78 is 15.2. The number of rotatable bonds is 5. The van der Waals surface area contributed by atoms with Crippen molar-refractivity contribution >= 4 is 40.6 Å². The lowest BCUT2D eigenvalue weighted by molar-refractivity contribution is -0.384. The summed E-state index contributed by atoms with van der Waals surface area (Å²) in [5.41, 5.74) is 0.626. The molecule has 3 aliphatic heterocycles. The largest absolute Gasteiger partial charge is 0.352 e. The normalized spacial score (nSPS) is 23.2. The van der Waals surface area contributed by atoms with E-state index in [1.165, 1.54) is 48.5 Å². The van der Waals surface area contributed by atoms with Gasteiger partial charge in [-0.1, -0.05) is 60.7 Å². The number of nitrogens with zero attached hydrogens (tertiary/aromatic N) is 2. The Hall–Kier alpha value is -5.44. The summed E-state index contributed by atoms with van der Waals surface area (Å²) in [7, 11) is 0. The standard InChI is InChI=1S/C33H22FN3O5/c34-24-10-4-2-8-22(24)31(39)28-29(30(38)20-13-16-21(17-14-20)37(41)42)36-26-12-6-1-7-19(26)15-18-27(36)33(28)23-9-3-5-11-25(23)35-32(33)40/h1-18,27-29H,(H,35,40)/t27-,28+,29-,33+/m0/s1. The van der Waals surface area contributed by atoms with Crippen LogP contribution in [0.4, 0.5) is 21.5 Å². The van der Waals surface area contributed by atoms with E-state index >= 15 is 4.39 Å². The van der Waals surface area contributed by atoms with Crippen LogP contribution < -0.4 is 10.2 Å². The summed E-state index contributed by atoms with van der Waals surface area (Å²) in [4.78, 5) is 56.0. The average molecular weight is 560 g/mol. The Bertz CT molecular complexity index is 1850. The van der Waals surface area contributed by atoms with Gasteiger partial charge in [-0.15, -0.1) is 0 Å². The predicted octanol–water partition coefficient (Wildman–Crippen LogP) is 5.59. The number of anilines is 2. The number of nitro groups is 1. The topological polar surface area (TPSA) is 110 Å². The van der Waals surface area contributed by atoms with E-state index in [0.717, 1.165) is 5.56 Å². The summed E-state index contributed by atoms with van der Waals surface area (Å²) >= 11 is 0. The fourth-order valence-electron chi connectivity index (χ4n) is 6.87. The van der Waals surface area contributed by atoms with E-state index in [4.69, 9.17) is 0 Å². The highest BCUT2D eigenvalue weighted by atomic mass is 19.1. The Balaban J connectivity index is 1.52. The monoisotopic (exact) mass is 559 g/mol. The number of hydrogen-bond acceptors (Lipinski definition) is 6. The van der Waals surface area contributed by atoms with Gasteiger partial charge in [0.25, 0.3) is 5.69 Å². The molecule has 3 heterocycles. The van der Waals surface area contributed by atoms with Crippen molar-refractivity contribution in [1.82, 2.24) is 0 Å². The number of nitrogens with one attached hydrogen (secondary N) is 1. The first-order valence-electron chi connectivity index (χ1n) is 13.4. The lowest BCUT2D eigenvalue weighted by Gasteiger charge is -2.37. The molecule has 4 atom stereocenters. The zero-order chi connectivity index (χ0) is 29.2. The number of amides is 1. The van der Waals surface area contributed by atoms with Crippen molar-refractivity contribution in [3.63, 3.8) is 0 Å². The second kappa shape index (κ2) is 9.31. The van der Waals surface area contributed by atoms with E-state index in [1.54, 1.807) is 29.2 Å². The van der Waals surface area contributed by atoms with Crippen molar-refractivity contribution in [2.45, 2.75) is 17.5 Å². The number of Topliss-reactive ketones (excluding diaryl/α,β-unsaturated/α-hetero) is 2. The van der Waals surface area contributed by atoms with Crippen molar-refractivity contribution in [3.8, 4) is 0 Å². The quantitative estimate of drug-likeness (QED) is 0.194. The Kier molecular flexibility index (Phi) is 5.65. The zero-order valence-corrected chi connectivity index (χ0v) is 21.9. The lowest BCUT2D eigenvalue weighted by Crippen LogP contribution is -2.51. The second-order valence-electron chi connectivity index (χ2n) is 10.6. The minimum atomic E-state index is -1.58. The van der Waals surface area contributed by atoms with Crippen LogP contribution in [0.5, 0.6) is 0 Å². The van der Waals surface area contributed by atoms with Crippen molar-refractivity contribution < 1.29 is 23.7 Å². The number of carbonyl (C=O) groups excluding carboxylic acids is 3. The van der Waals surface area contributed by atoms with Crippen molar-refractivity contribution in [3.05, 3.63) is 141 Å². The number of nitro benzene ring substituents is 1. The molecule has 4 aromatic carbocycles. The first kappa shape index (κ1) is 25.5. The van der Waals surface area contributed by atoms with Crippen LogP contribution in [0, 0.1) is 21.8 Å². The number of ketones is 2. The van der Waals surface area contributed by atoms with Gasteiger partial charge in [0.15, 0.2) is 11.6 Å². The fraction of sp³-hybridized carbons (Fsp3) is 0.121. The van der Waals surface area contributed by atoms with Gasteiger partial charge in [0, 0.05) is 29.1 Å². The van der Waals surface area contributed by atoms with Crippen LogP contribution in [-0.4, -0.2) is 34.5 Å². The molecular weight excluding hydrogens is 537 g/mol. The van der Waals surface area contributed by atoms with E-state index in [1.807, 2.05) is 36.4 Å². The Morgan fingerprint density at radius 3 is 2.33 bits per heavy atom. The Morgan fingerprint density at radius 1 is 0.881 bits per heavy atom. The number of non-ortho nitro benzene ring substituents is 1. The smallest absolute Gasteiger partial charge is 0.269 e. The molecule has 42 heavy (non-hydrogen) atoms. The molecule has 0 aliphatic carbocycles. The minimum Gasteiger partial charge on any atom is -0.352 e. The number of fused-ring (bicyclic) bond motifs is 6. The van der Waals surface area contributed by atoms with Gasteiger partial charge in [-0.05, 0) is 47.5 Å². The van der Waals surface area contributed by atoms with E-state index in [9.17, 15) is 24.5 Å². The van der Waals surface area contributed by atoms with Gasteiger partial charge in [-0.3, -0.25) is 24.5 Å². The molecule has 1 saturated heterocycles. The molecule has 1 spiro atoms. The summed E-state index contributed by atoms with van der Waals surface area (Å²) in [5, 5.41) is 14.2. The molecule has 0 saturated carbocycles. The third kappa shape index (κ3) is 3.43. The van der Waals surface area contributed by atoms with Gasteiger partial charge < -0.3 is 10.2 Å². The third-order valence-corrected chi connectivity index (χ3v) is 8.59. The summed E-state index contributed by atoms with van der Waals surface area (Å²) in [6.07, 6.45) is 3.70. The first-order valence-corrected chi connectivity index (χ1v) is 13.4. The maximum absolute atomic E-state index is 15.2. The fourth-order valence-corrected chi connectivity index (χ4v) is 6.87. The van der Waals surface area contributed by atoms with Crippen molar-refractivity contribution in [2.24, 2.45) is 5.92 Å². The maximum Gasteiger partial charge on any atom is 0.269 e. The van der Waals surface area contributed by atoms with Gasteiger partial charge in [0.1, 0.15) is 17.3 Å². The molecule has 3 aliphatic rings. The molecule has 0 bridgehead atoms. The molecule has 1 fully saturated rings. The van der Waals surface area contributed by atoms with E-state index in [-0.39, 0.29) is 16.8 Å². The van der Waals surface area contributed by atoms with Crippen LogP contribution in [0.2, 0.25) is 0 Å². The van der Waals surface area contributed by atoms with Crippen LogP contribution in [0.25, 0.3) is 6.08 Å². The summed E-state index contributed by atoms with van der Waals surface area (Å²) in [6.45, 7) is 0. The SMILES string of the molecule is O=C(c1ccc([N+](=O)[O-])cc1)[C@@H]1[C@H](C(=O)c2ccccc2F)[C@]2(C(=O)Nc3ccccc32)[C@@H]2C=Cc3ccccc3N12. The van der Waals surface area contributed by atoms with E-state index < -0.39 is 51.6 Å². The van der Waals surface area contributed by atoms with Crippen LogP contribution in [-0.2, 0) is 10.2 Å². The third-order valence-electron chi connectivity index (χ3n) is 8.59. The van der Waals surface area contributed by atoms with Gasteiger partial charge in [0.2, 0.25) is 5.91 Å². The average Bonchev–Trinajstić information content (AvgIpc) is 3.49. The summed E-state index contributed by atoms with van der Waals surface area (Å²) in [6, 6.07) is 23.1. The van der Waals surface area contributed by atoms with Gasteiger partial charge in [-0.2, -0.15) is 0 Å². The van der Waals surface area contributed by atoms with Crippen LogP contribution in [0.15, 0.2) is 103 Å². The number of para-hydroxylation sites is 2. The highest BCUT2D eigenvalue weighted by Gasteiger charge is 2.70. The van der Waals surface area contributed by atoms with Crippen LogP contribution in [0.3, 0.4) is 0 Å². The number of benzene rings is 4. The number of carbonyl (C=O) groups is 3. The van der Waals surface area contributed by atoms with E-state index in [2.05, 4.69) is 5.32 Å². The number of hydrogen-bond donors (Lipinski definition) is 1. The van der Waals surface area contributed by atoms with Gasteiger partial charge in [-0.25, -0.2) is 4.39 Å². The minimum absolute atomic E-state index is 0.131. The van der Waals surface area contributed by atoms with Gasteiger partial charge in [0.05, 0.1) is 22.4 Å². The van der Waals surface area contributed by atoms with Crippen molar-refractivity contribution in [1.29, 1.82) is 0 Å². The van der Waals surface area contributed by atoms with Crippen LogP contribution in [0.1, 0.15) is 31.8 Å². The van der Waals surface area contributed by atoms with Gasteiger partial charge >= 0.3 is 0 Å². The lowest BCUT2D eigenvalue weighted by atomic mass is 9.64. The molecule has 0 radical (unpaired) electrons. The molecule has 206 valence electrons. The molecule has 1 amide bonds. The second-order valence-corrected chi connectivity index (χ2v) is 10.6. The maximum atomic E-state index is 15.2. The van der Waals surface area contributed by atoms with Crippen LogP contribution >= 0.6 is 0 Å². The molecule has 0 unspecified atom stereocenters. The molecule has 7 rings (SSSR count). The zero-order valence-electron chi connectivity index (χ0n) is 21.9. The molecular formula is C33H22FN3O5. The number of halogens is 1. The Labute approximate surface area is 239 Å². The highest BCUT2D eigenvalue weighted by molar-refractivity contribution is 6.18. The van der Waals surface area contributed by atoms with E-state index in [0.29, 0.717) is 16.9 Å². The first-order chi connectivity index (χ1) is 20.3. The molecule has 0 aromatic heterocycles. The highest BCUT2D eigenvalue weighted by Crippen LogP contribution is 2.58. The Morgan fingerprint density at radius 2 is 1.57 bits per heavy atom. The predicted molar refractivity (Wildman–Crippen MR) is 154 cm³/mol. The molecule has 9 heteroatoms. The molecule has 8 nitrogen and oxygen atoms in total. The molecule has 4 aromatic rings. The molecule has 1 N–H and O–H groups in total.